The third-order valence-electron chi connectivity index (χ3n) is 6.55. The van der Waals surface area contributed by atoms with Gasteiger partial charge in [-0.05, 0) is 54.4 Å². The Labute approximate surface area is 190 Å². The van der Waals surface area contributed by atoms with Crippen LogP contribution in [0.1, 0.15) is 59.9 Å². The van der Waals surface area contributed by atoms with E-state index in [-0.39, 0.29) is 17.0 Å². The summed E-state index contributed by atoms with van der Waals surface area (Å²) < 4.78 is 5.95. The summed E-state index contributed by atoms with van der Waals surface area (Å²) in [6.07, 6.45) is 2.49. The Morgan fingerprint density at radius 2 is 1.94 bits per heavy atom. The van der Waals surface area contributed by atoms with E-state index in [1.807, 2.05) is 0 Å². The molecule has 0 radical (unpaired) electrons. The van der Waals surface area contributed by atoms with Gasteiger partial charge < -0.3 is 15.1 Å². The Hall–Kier alpha value is -3.13. The molecule has 1 aliphatic heterocycles. The third-order valence-corrected chi connectivity index (χ3v) is 7.73. The molecule has 2 aromatic heterocycles. The largest absolute Gasteiger partial charge is 0.457 e. The predicted octanol–water partition coefficient (Wildman–Crippen LogP) is 5.92. The van der Waals surface area contributed by atoms with Gasteiger partial charge in [-0.15, -0.1) is 11.3 Å². The fraction of sp³-hybridized carbons (Fsp3) is 0.375. The summed E-state index contributed by atoms with van der Waals surface area (Å²) in [5, 5.41) is 18.7. The van der Waals surface area contributed by atoms with Crippen LogP contribution in [-0.4, -0.2) is 10.8 Å². The zero-order chi connectivity index (χ0) is 22.6. The summed E-state index contributed by atoms with van der Waals surface area (Å²) in [6.45, 7) is 6.84. The number of benzene rings is 1. The van der Waals surface area contributed by atoms with Crippen LogP contribution < -0.4 is 10.6 Å². The van der Waals surface area contributed by atoms with Gasteiger partial charge in [0.25, 0.3) is 11.6 Å². The number of carbonyl (C=O) groups excluding carboxylic acids is 1. The van der Waals surface area contributed by atoms with Crippen molar-refractivity contribution < 1.29 is 14.1 Å². The average Bonchev–Trinajstić information content (AvgIpc) is 3.37. The minimum absolute atomic E-state index is 0.0179. The lowest BCUT2D eigenvalue weighted by Gasteiger charge is -2.34. The molecule has 3 aromatic rings. The maximum Gasteiger partial charge on any atom is 0.280 e. The van der Waals surface area contributed by atoms with Crippen LogP contribution in [0.25, 0.3) is 11.3 Å². The second-order valence-electron chi connectivity index (χ2n) is 9.54. The molecule has 1 amide bonds. The number of nitro groups is 1. The van der Waals surface area contributed by atoms with Crippen LogP contribution in [0.4, 0.5) is 10.7 Å². The molecule has 0 spiro atoms. The highest BCUT2D eigenvalue weighted by Gasteiger charge is 2.37. The number of hydrogen-bond donors (Lipinski definition) is 2. The molecule has 5 rings (SSSR count). The number of fused-ring (bicyclic) bond motifs is 3. The van der Waals surface area contributed by atoms with E-state index in [1.165, 1.54) is 16.5 Å². The summed E-state index contributed by atoms with van der Waals surface area (Å²) in [7, 11) is 0. The fourth-order valence-electron chi connectivity index (χ4n) is 4.67. The van der Waals surface area contributed by atoms with E-state index in [0.717, 1.165) is 29.8 Å². The first-order chi connectivity index (χ1) is 15.2. The number of carbonyl (C=O) groups is 1. The highest BCUT2D eigenvalue weighted by Crippen LogP contribution is 2.46. The molecule has 2 aliphatic rings. The summed E-state index contributed by atoms with van der Waals surface area (Å²) in [4.78, 5) is 25.3. The summed E-state index contributed by atoms with van der Waals surface area (Å²) >= 11 is 1.67. The number of nitrogens with zero attached hydrogens (tertiary/aromatic N) is 1. The Balaban J connectivity index is 1.43. The van der Waals surface area contributed by atoms with Crippen molar-refractivity contribution in [1.29, 1.82) is 0 Å². The van der Waals surface area contributed by atoms with Gasteiger partial charge in [-0.1, -0.05) is 32.9 Å². The van der Waals surface area contributed by atoms with E-state index >= 15 is 0 Å². The topological polar surface area (TPSA) is 97.4 Å². The van der Waals surface area contributed by atoms with E-state index in [1.54, 1.807) is 41.7 Å². The molecule has 0 unspecified atom stereocenters. The maximum absolute atomic E-state index is 13.0. The van der Waals surface area contributed by atoms with Crippen LogP contribution in [0, 0.1) is 21.4 Å². The molecule has 1 aromatic carbocycles. The van der Waals surface area contributed by atoms with Gasteiger partial charge >= 0.3 is 0 Å². The molecule has 2 atom stereocenters. The van der Waals surface area contributed by atoms with Gasteiger partial charge in [-0.2, -0.15) is 0 Å². The molecule has 0 saturated carbocycles. The molecule has 1 aliphatic carbocycles. The second kappa shape index (κ2) is 7.48. The lowest BCUT2D eigenvalue weighted by molar-refractivity contribution is -0.384. The lowest BCUT2D eigenvalue weighted by atomic mass is 9.72. The number of thiophene rings is 1. The van der Waals surface area contributed by atoms with Crippen molar-refractivity contribution in [3.63, 3.8) is 0 Å². The van der Waals surface area contributed by atoms with Gasteiger partial charge in [0.2, 0.25) is 0 Å². The lowest BCUT2D eigenvalue weighted by Crippen LogP contribution is -2.38. The number of rotatable bonds is 3. The Morgan fingerprint density at radius 3 is 2.69 bits per heavy atom. The van der Waals surface area contributed by atoms with E-state index in [0.29, 0.717) is 23.0 Å². The SMILES string of the molecule is CC(C)(C)[C@H]1CCc2c(sc3c2C(=O)N[C@H](c2ccc(-c4ccccc4[N+](=O)[O-])o2)N3)C1. The standard InChI is InChI=1S/C24H25N3O4S/c1-24(2,3)13-8-9-15-19(12-13)32-23-20(15)22(28)25-21(26-23)18-11-10-17(31-18)14-6-4-5-7-16(14)27(29)30/h4-7,10-11,13,21,26H,8-9,12H2,1-3H3,(H,25,28)/t13-,21-/m0/s1. The van der Waals surface area contributed by atoms with Crippen molar-refractivity contribution in [2.75, 3.05) is 5.32 Å². The van der Waals surface area contributed by atoms with E-state index in [2.05, 4.69) is 31.4 Å². The fourth-order valence-corrected chi connectivity index (χ4v) is 6.03. The van der Waals surface area contributed by atoms with Gasteiger partial charge in [0.15, 0.2) is 6.17 Å². The predicted molar refractivity (Wildman–Crippen MR) is 124 cm³/mol. The summed E-state index contributed by atoms with van der Waals surface area (Å²) in [6, 6.07) is 9.92. The average molecular weight is 452 g/mol. The smallest absolute Gasteiger partial charge is 0.280 e. The molecule has 2 N–H and O–H groups in total. The maximum atomic E-state index is 13.0. The number of furan rings is 1. The minimum Gasteiger partial charge on any atom is -0.457 e. The summed E-state index contributed by atoms with van der Waals surface area (Å²) in [5.41, 5.74) is 2.57. The first-order valence-corrected chi connectivity index (χ1v) is 11.6. The summed E-state index contributed by atoms with van der Waals surface area (Å²) in [5.74, 6) is 1.41. The van der Waals surface area contributed by atoms with Gasteiger partial charge in [0, 0.05) is 10.9 Å². The Morgan fingerprint density at radius 1 is 1.16 bits per heavy atom. The molecule has 32 heavy (non-hydrogen) atoms. The third kappa shape index (κ3) is 3.48. The van der Waals surface area contributed by atoms with Crippen LogP contribution in [0.5, 0.6) is 0 Å². The van der Waals surface area contributed by atoms with Crippen molar-refractivity contribution in [3.8, 4) is 11.3 Å². The molecule has 0 saturated heterocycles. The molecular formula is C24H25N3O4S. The van der Waals surface area contributed by atoms with Crippen molar-refractivity contribution in [2.24, 2.45) is 11.3 Å². The number of hydrogen-bond acceptors (Lipinski definition) is 6. The number of nitrogens with one attached hydrogen (secondary N) is 2. The number of anilines is 1. The molecule has 0 fully saturated rings. The Kier molecular flexibility index (Phi) is 4.85. The van der Waals surface area contributed by atoms with Crippen molar-refractivity contribution >= 4 is 27.9 Å². The van der Waals surface area contributed by atoms with E-state index in [9.17, 15) is 14.9 Å². The zero-order valence-corrected chi connectivity index (χ0v) is 19.0. The first kappa shape index (κ1) is 20.8. The number of para-hydroxylation sites is 1. The highest BCUT2D eigenvalue weighted by atomic mass is 32.1. The van der Waals surface area contributed by atoms with Crippen LogP contribution in [0.15, 0.2) is 40.8 Å². The molecule has 3 heterocycles. The van der Waals surface area contributed by atoms with Crippen molar-refractivity contribution in [1.82, 2.24) is 5.32 Å². The zero-order valence-electron chi connectivity index (χ0n) is 18.2. The normalized spacial score (nSPS) is 20.2. The second-order valence-corrected chi connectivity index (χ2v) is 10.6. The van der Waals surface area contributed by atoms with E-state index in [4.69, 9.17) is 4.42 Å². The quantitative estimate of drug-likeness (QED) is 0.380. The van der Waals surface area contributed by atoms with E-state index < -0.39 is 11.1 Å². The van der Waals surface area contributed by atoms with Gasteiger partial charge in [0.1, 0.15) is 16.5 Å². The Bertz CT molecular complexity index is 1220. The van der Waals surface area contributed by atoms with Crippen molar-refractivity contribution in [2.45, 2.75) is 46.2 Å². The highest BCUT2D eigenvalue weighted by molar-refractivity contribution is 7.16. The van der Waals surface area contributed by atoms with Crippen molar-refractivity contribution in [3.05, 3.63) is 68.3 Å². The number of amides is 1. The van der Waals surface area contributed by atoms with Crippen LogP contribution in [-0.2, 0) is 12.8 Å². The van der Waals surface area contributed by atoms with Crippen LogP contribution in [0.2, 0.25) is 0 Å². The van der Waals surface area contributed by atoms with Gasteiger partial charge in [-0.25, -0.2) is 0 Å². The molecule has 166 valence electrons. The molecule has 0 bridgehead atoms. The van der Waals surface area contributed by atoms with Gasteiger partial charge in [-0.3, -0.25) is 14.9 Å². The first-order valence-electron chi connectivity index (χ1n) is 10.8. The molecule has 8 heteroatoms. The van der Waals surface area contributed by atoms with Gasteiger partial charge in [0.05, 0.1) is 16.1 Å². The van der Waals surface area contributed by atoms with Crippen LogP contribution in [0.3, 0.4) is 0 Å². The number of nitro benzene ring substituents is 1. The molecular weight excluding hydrogens is 426 g/mol. The minimum atomic E-state index is -0.523. The monoisotopic (exact) mass is 451 g/mol. The molecule has 7 nitrogen and oxygen atoms in total. The van der Waals surface area contributed by atoms with Crippen LogP contribution >= 0.6 is 11.3 Å².